The average molecular weight is 323 g/mol. The summed E-state index contributed by atoms with van der Waals surface area (Å²) in [5, 5.41) is 9.18. The molecule has 2 heteroatoms. The number of allylic oxidation sites excluding steroid dienone is 4. The minimum atomic E-state index is 0.225. The van der Waals surface area contributed by atoms with E-state index in [1.807, 2.05) is 6.08 Å². The van der Waals surface area contributed by atoms with Crippen molar-refractivity contribution >= 4 is 5.78 Å². The number of ketones is 1. The third kappa shape index (κ3) is 2.03. The molecule has 0 aromatic carbocycles. The summed E-state index contributed by atoms with van der Waals surface area (Å²) in [5.74, 6) is 3.25. The lowest BCUT2D eigenvalue weighted by Crippen LogP contribution is -2.52. The maximum atomic E-state index is 12.0. The molecule has 3 saturated carbocycles. The van der Waals surface area contributed by atoms with E-state index in [4.69, 9.17) is 0 Å². The van der Waals surface area contributed by atoms with Gasteiger partial charge in [0.05, 0.1) is 6.07 Å². The van der Waals surface area contributed by atoms with Crippen LogP contribution in [-0.4, -0.2) is 5.78 Å². The van der Waals surface area contributed by atoms with Gasteiger partial charge in [0.2, 0.25) is 0 Å². The molecule has 0 N–H and O–H groups in total. The molecule has 24 heavy (non-hydrogen) atoms. The predicted molar refractivity (Wildman–Crippen MR) is 95.0 cm³/mol. The zero-order chi connectivity index (χ0) is 17.1. The second-order valence-electron chi connectivity index (χ2n) is 9.33. The Labute approximate surface area is 146 Å². The van der Waals surface area contributed by atoms with Crippen LogP contribution in [0.4, 0.5) is 0 Å². The fourth-order valence-electron chi connectivity index (χ4n) is 7.34. The lowest BCUT2D eigenvalue weighted by atomic mass is 9.45. The molecule has 3 fully saturated rings. The van der Waals surface area contributed by atoms with E-state index in [0.717, 1.165) is 31.6 Å². The van der Waals surface area contributed by atoms with Crippen LogP contribution in [0.1, 0.15) is 65.7 Å². The van der Waals surface area contributed by atoms with E-state index in [2.05, 4.69) is 32.9 Å². The highest BCUT2D eigenvalue weighted by molar-refractivity contribution is 5.82. The molecule has 0 spiro atoms. The van der Waals surface area contributed by atoms with Gasteiger partial charge in [-0.05, 0) is 66.6 Å². The Balaban J connectivity index is 1.74. The Morgan fingerprint density at radius 2 is 2.08 bits per heavy atom. The second-order valence-corrected chi connectivity index (χ2v) is 9.33. The molecular weight excluding hydrogens is 294 g/mol. The maximum absolute atomic E-state index is 12.0. The highest BCUT2D eigenvalue weighted by Gasteiger charge is 2.59. The third-order valence-corrected chi connectivity index (χ3v) is 8.27. The molecule has 0 saturated heterocycles. The normalized spacial score (nSPS) is 49.0. The minimum absolute atomic E-state index is 0.225. The van der Waals surface area contributed by atoms with Crippen molar-refractivity contribution in [3.63, 3.8) is 0 Å². The number of rotatable bonds is 0. The van der Waals surface area contributed by atoms with Crippen molar-refractivity contribution < 1.29 is 4.79 Å². The molecular formula is C22H29NO. The van der Waals surface area contributed by atoms with Crippen molar-refractivity contribution in [1.29, 1.82) is 5.26 Å². The highest BCUT2D eigenvalue weighted by Crippen LogP contribution is 2.67. The van der Waals surface area contributed by atoms with Gasteiger partial charge in [-0.3, -0.25) is 4.79 Å². The zero-order valence-electron chi connectivity index (χ0n) is 15.3. The smallest absolute Gasteiger partial charge is 0.136 e. The van der Waals surface area contributed by atoms with Crippen molar-refractivity contribution in [2.75, 3.05) is 0 Å². The maximum Gasteiger partial charge on any atom is 0.136 e. The molecule has 4 rings (SSSR count). The van der Waals surface area contributed by atoms with Crippen LogP contribution in [0, 0.1) is 45.8 Å². The van der Waals surface area contributed by atoms with Crippen molar-refractivity contribution in [3.05, 3.63) is 23.3 Å². The number of carbonyl (C=O) groups excluding carboxylic acids is 1. The lowest BCUT2D eigenvalue weighted by molar-refractivity contribution is -0.123. The van der Waals surface area contributed by atoms with Crippen LogP contribution >= 0.6 is 0 Å². The fourth-order valence-corrected chi connectivity index (χ4v) is 7.34. The fraction of sp³-hybridized carbons (Fsp3) is 0.727. The first-order valence-corrected chi connectivity index (χ1v) is 9.70. The molecule has 0 heterocycles. The van der Waals surface area contributed by atoms with Gasteiger partial charge in [-0.15, -0.1) is 0 Å². The first-order chi connectivity index (χ1) is 11.4. The molecule has 2 nitrogen and oxygen atoms in total. The van der Waals surface area contributed by atoms with E-state index < -0.39 is 0 Å². The van der Waals surface area contributed by atoms with Crippen molar-refractivity contribution in [2.45, 2.75) is 65.7 Å². The summed E-state index contributed by atoms with van der Waals surface area (Å²) in [6, 6.07) is 2.30. The first kappa shape index (κ1) is 16.1. The Kier molecular flexibility index (Phi) is 3.57. The Hall–Kier alpha value is -1.36. The van der Waals surface area contributed by atoms with Gasteiger partial charge in [0.15, 0.2) is 0 Å². The van der Waals surface area contributed by atoms with Gasteiger partial charge in [0.25, 0.3) is 0 Å². The monoisotopic (exact) mass is 323 g/mol. The van der Waals surface area contributed by atoms with E-state index in [0.29, 0.717) is 30.0 Å². The highest BCUT2D eigenvalue weighted by atomic mass is 16.1. The van der Waals surface area contributed by atoms with Gasteiger partial charge in [0.1, 0.15) is 5.78 Å². The van der Waals surface area contributed by atoms with Crippen LogP contribution in [0.15, 0.2) is 23.3 Å². The van der Waals surface area contributed by atoms with E-state index in [1.54, 1.807) is 0 Å². The van der Waals surface area contributed by atoms with Gasteiger partial charge in [-0.25, -0.2) is 0 Å². The summed E-state index contributed by atoms with van der Waals surface area (Å²) in [6.45, 7) is 7.31. The summed E-state index contributed by atoms with van der Waals surface area (Å²) >= 11 is 0. The van der Waals surface area contributed by atoms with E-state index in [9.17, 15) is 10.1 Å². The molecule has 4 aliphatic carbocycles. The molecule has 4 aliphatic rings. The number of Topliss-reactive ketones (excluding diaryl/α,β-unsaturated/α-hetero) is 1. The zero-order valence-corrected chi connectivity index (χ0v) is 15.3. The molecule has 0 aromatic heterocycles. The molecule has 0 radical (unpaired) electrons. The van der Waals surface area contributed by atoms with Gasteiger partial charge >= 0.3 is 0 Å². The number of nitriles is 1. The molecule has 0 aliphatic heterocycles. The number of fused-ring (bicyclic) bond motifs is 5. The largest absolute Gasteiger partial charge is 0.299 e. The summed E-state index contributed by atoms with van der Waals surface area (Å²) in [7, 11) is 0. The van der Waals surface area contributed by atoms with Crippen LogP contribution < -0.4 is 0 Å². The summed E-state index contributed by atoms with van der Waals surface area (Å²) in [5.41, 5.74) is 3.31. The second kappa shape index (κ2) is 5.32. The van der Waals surface area contributed by atoms with Crippen molar-refractivity contribution in [3.8, 4) is 6.07 Å². The van der Waals surface area contributed by atoms with Gasteiger partial charge in [0, 0.05) is 18.9 Å². The Morgan fingerprint density at radius 1 is 1.29 bits per heavy atom. The van der Waals surface area contributed by atoms with Crippen LogP contribution in [0.25, 0.3) is 0 Å². The quantitative estimate of drug-likeness (QED) is 0.453. The standard InChI is InChI=1S/C22H29NO/c1-14-13-22(3)15(9-11-23)5-7-19(22)18-6-4-16-12-17(24)8-10-21(16,2)20(14)18/h4,9,14,18-20H,5-8,10,12-13H2,1-3H3/b15-9-/t14-,18?,19?,20?,21?,22?/m0/s1. The van der Waals surface area contributed by atoms with Crippen LogP contribution in [-0.2, 0) is 4.79 Å². The van der Waals surface area contributed by atoms with Gasteiger partial charge in [-0.1, -0.05) is 38.0 Å². The van der Waals surface area contributed by atoms with Gasteiger partial charge < -0.3 is 0 Å². The van der Waals surface area contributed by atoms with Crippen LogP contribution in [0.5, 0.6) is 0 Å². The van der Waals surface area contributed by atoms with E-state index >= 15 is 0 Å². The molecule has 0 amide bonds. The van der Waals surface area contributed by atoms with Crippen LogP contribution in [0.2, 0.25) is 0 Å². The Morgan fingerprint density at radius 3 is 2.83 bits per heavy atom. The van der Waals surface area contributed by atoms with Crippen molar-refractivity contribution in [2.24, 2.45) is 34.5 Å². The lowest BCUT2D eigenvalue weighted by Gasteiger charge is -2.59. The number of hydrogen-bond donors (Lipinski definition) is 0. The number of carbonyl (C=O) groups is 1. The first-order valence-electron chi connectivity index (χ1n) is 9.70. The summed E-state index contributed by atoms with van der Waals surface area (Å²) < 4.78 is 0. The predicted octanol–water partition coefficient (Wildman–Crippen LogP) is 5.21. The summed E-state index contributed by atoms with van der Waals surface area (Å²) in [6.07, 6.45) is 11.5. The number of nitrogens with zero attached hydrogens (tertiary/aromatic N) is 1. The Bertz CT molecular complexity index is 681. The van der Waals surface area contributed by atoms with E-state index in [1.165, 1.54) is 24.0 Å². The molecule has 5 unspecified atom stereocenters. The molecule has 128 valence electrons. The molecule has 0 aromatic rings. The summed E-state index contributed by atoms with van der Waals surface area (Å²) in [4.78, 5) is 12.0. The SMILES string of the molecule is C[C@H]1CC2(C)/C(=C\C#N)CCC2C2CC=C3CC(=O)CCC3(C)C21. The van der Waals surface area contributed by atoms with Gasteiger partial charge in [-0.2, -0.15) is 5.26 Å². The third-order valence-electron chi connectivity index (χ3n) is 8.27. The number of hydrogen-bond acceptors (Lipinski definition) is 2. The van der Waals surface area contributed by atoms with Crippen LogP contribution in [0.3, 0.4) is 0 Å². The molecule has 0 bridgehead atoms. The van der Waals surface area contributed by atoms with E-state index in [-0.39, 0.29) is 10.8 Å². The topological polar surface area (TPSA) is 40.9 Å². The average Bonchev–Trinajstić information content (AvgIpc) is 2.84. The minimum Gasteiger partial charge on any atom is -0.299 e. The molecule has 6 atom stereocenters. The van der Waals surface area contributed by atoms with Crippen molar-refractivity contribution in [1.82, 2.24) is 0 Å².